The van der Waals surface area contributed by atoms with Gasteiger partial charge in [0.1, 0.15) is 6.04 Å². The highest BCUT2D eigenvalue weighted by molar-refractivity contribution is 5.83. The molecular formula is C14H19N3O2. The van der Waals surface area contributed by atoms with Gasteiger partial charge in [-0.15, -0.1) is 0 Å². The Bertz CT molecular complexity index is 565. The van der Waals surface area contributed by atoms with Crippen molar-refractivity contribution in [2.75, 3.05) is 6.61 Å². The molecule has 2 unspecified atom stereocenters. The first-order valence-corrected chi connectivity index (χ1v) is 6.46. The van der Waals surface area contributed by atoms with Crippen LogP contribution in [0.1, 0.15) is 26.3 Å². The lowest BCUT2D eigenvalue weighted by Crippen LogP contribution is -2.37. The summed E-state index contributed by atoms with van der Waals surface area (Å²) in [5.41, 5.74) is 1.82. The average molecular weight is 261 g/mol. The number of nitrogens with one attached hydrogen (secondary N) is 1. The zero-order valence-corrected chi connectivity index (χ0v) is 11.2. The van der Waals surface area contributed by atoms with Gasteiger partial charge in [0.05, 0.1) is 17.4 Å². The fourth-order valence-corrected chi connectivity index (χ4v) is 2.04. The largest absolute Gasteiger partial charge is 0.396 e. The number of carbonyl (C=O) groups is 1. The average Bonchev–Trinajstić information content (AvgIpc) is 2.81. The van der Waals surface area contributed by atoms with Gasteiger partial charge in [-0.25, -0.2) is 4.98 Å². The molecule has 1 aromatic heterocycles. The van der Waals surface area contributed by atoms with Gasteiger partial charge in [-0.3, -0.25) is 4.79 Å². The molecule has 1 heterocycles. The number of imidazole rings is 1. The zero-order chi connectivity index (χ0) is 13.8. The van der Waals surface area contributed by atoms with Crippen LogP contribution in [0.3, 0.4) is 0 Å². The molecule has 5 heteroatoms. The number of aliphatic hydroxyl groups excluding tert-OH is 1. The smallest absolute Gasteiger partial charge is 0.243 e. The van der Waals surface area contributed by atoms with Crippen molar-refractivity contribution in [3.8, 4) is 0 Å². The number of amides is 1. The van der Waals surface area contributed by atoms with Crippen molar-refractivity contribution in [3.05, 3.63) is 30.6 Å². The van der Waals surface area contributed by atoms with E-state index in [2.05, 4.69) is 10.3 Å². The molecule has 2 N–H and O–H groups in total. The number of aromatic nitrogens is 2. The van der Waals surface area contributed by atoms with Crippen LogP contribution >= 0.6 is 0 Å². The van der Waals surface area contributed by atoms with Crippen LogP contribution in [0, 0.1) is 0 Å². The zero-order valence-electron chi connectivity index (χ0n) is 11.2. The summed E-state index contributed by atoms with van der Waals surface area (Å²) < 4.78 is 1.86. The van der Waals surface area contributed by atoms with Crippen LogP contribution in [0.4, 0.5) is 0 Å². The van der Waals surface area contributed by atoms with E-state index in [0.717, 1.165) is 11.0 Å². The molecular weight excluding hydrogens is 242 g/mol. The molecule has 0 saturated carbocycles. The van der Waals surface area contributed by atoms with Gasteiger partial charge < -0.3 is 15.0 Å². The molecule has 1 amide bonds. The summed E-state index contributed by atoms with van der Waals surface area (Å²) in [5.74, 6) is -0.0656. The maximum atomic E-state index is 12.1. The molecule has 102 valence electrons. The van der Waals surface area contributed by atoms with Gasteiger partial charge in [-0.1, -0.05) is 12.1 Å². The van der Waals surface area contributed by atoms with Crippen molar-refractivity contribution in [3.63, 3.8) is 0 Å². The van der Waals surface area contributed by atoms with Crippen molar-refractivity contribution in [2.24, 2.45) is 0 Å². The summed E-state index contributed by atoms with van der Waals surface area (Å²) in [4.78, 5) is 16.4. The van der Waals surface area contributed by atoms with E-state index in [-0.39, 0.29) is 24.6 Å². The van der Waals surface area contributed by atoms with Crippen molar-refractivity contribution >= 4 is 16.9 Å². The molecule has 0 saturated heterocycles. The molecule has 2 rings (SSSR count). The van der Waals surface area contributed by atoms with E-state index < -0.39 is 0 Å². The Morgan fingerprint density at radius 2 is 2.16 bits per heavy atom. The second kappa shape index (κ2) is 5.84. The quantitative estimate of drug-likeness (QED) is 0.856. The van der Waals surface area contributed by atoms with Crippen LogP contribution in [0.5, 0.6) is 0 Å². The lowest BCUT2D eigenvalue weighted by atomic mass is 10.2. The minimum Gasteiger partial charge on any atom is -0.396 e. The van der Waals surface area contributed by atoms with E-state index in [0.29, 0.717) is 6.42 Å². The molecule has 0 bridgehead atoms. The summed E-state index contributed by atoms with van der Waals surface area (Å²) in [6.07, 6.45) is 2.24. The second-order valence-electron chi connectivity index (χ2n) is 4.74. The van der Waals surface area contributed by atoms with Crippen LogP contribution in [-0.4, -0.2) is 33.2 Å². The molecule has 2 aromatic rings. The summed E-state index contributed by atoms with van der Waals surface area (Å²) >= 11 is 0. The number of hydrogen-bond acceptors (Lipinski definition) is 3. The standard InChI is InChI=1S/C14H19N3O2/c1-10(7-8-18)16-14(19)11(2)17-9-15-12-5-3-4-6-13(12)17/h3-6,9-11,18H,7-8H2,1-2H3,(H,16,19). The predicted molar refractivity (Wildman–Crippen MR) is 73.8 cm³/mol. The van der Waals surface area contributed by atoms with Gasteiger partial charge >= 0.3 is 0 Å². The number of rotatable bonds is 5. The third kappa shape index (κ3) is 2.93. The Balaban J connectivity index is 2.15. The van der Waals surface area contributed by atoms with Crippen LogP contribution in [0.15, 0.2) is 30.6 Å². The number of benzene rings is 1. The van der Waals surface area contributed by atoms with E-state index in [4.69, 9.17) is 5.11 Å². The summed E-state index contributed by atoms with van der Waals surface area (Å²) in [5, 5.41) is 11.7. The van der Waals surface area contributed by atoms with Gasteiger partial charge in [0, 0.05) is 12.6 Å². The van der Waals surface area contributed by atoms with Crippen molar-refractivity contribution in [1.82, 2.24) is 14.9 Å². The second-order valence-corrected chi connectivity index (χ2v) is 4.74. The fourth-order valence-electron chi connectivity index (χ4n) is 2.04. The number of fused-ring (bicyclic) bond motifs is 1. The van der Waals surface area contributed by atoms with Crippen LogP contribution < -0.4 is 5.32 Å². The van der Waals surface area contributed by atoms with E-state index >= 15 is 0 Å². The maximum absolute atomic E-state index is 12.1. The van der Waals surface area contributed by atoms with Crippen LogP contribution in [-0.2, 0) is 4.79 Å². The maximum Gasteiger partial charge on any atom is 0.243 e. The fraction of sp³-hybridized carbons (Fsp3) is 0.429. The molecule has 2 atom stereocenters. The Kier molecular flexibility index (Phi) is 4.16. The highest BCUT2D eigenvalue weighted by atomic mass is 16.3. The number of carbonyl (C=O) groups excluding carboxylic acids is 1. The molecule has 0 radical (unpaired) electrons. The minimum absolute atomic E-state index is 0.0327. The third-order valence-electron chi connectivity index (χ3n) is 3.23. The first kappa shape index (κ1) is 13.5. The Hall–Kier alpha value is -1.88. The number of para-hydroxylation sites is 2. The SMILES string of the molecule is CC(CCO)NC(=O)C(C)n1cnc2ccccc21. The molecule has 0 fully saturated rings. The summed E-state index contributed by atoms with van der Waals surface area (Å²) in [6.45, 7) is 3.80. The number of hydrogen-bond donors (Lipinski definition) is 2. The van der Waals surface area contributed by atoms with E-state index in [1.54, 1.807) is 6.33 Å². The Morgan fingerprint density at radius 3 is 2.89 bits per heavy atom. The number of aliphatic hydroxyl groups is 1. The molecule has 0 aliphatic heterocycles. The molecule has 1 aromatic carbocycles. The van der Waals surface area contributed by atoms with Gasteiger partial charge in [0.25, 0.3) is 0 Å². The monoisotopic (exact) mass is 261 g/mol. The van der Waals surface area contributed by atoms with Crippen LogP contribution in [0.25, 0.3) is 11.0 Å². The van der Waals surface area contributed by atoms with Crippen LogP contribution in [0.2, 0.25) is 0 Å². The third-order valence-corrected chi connectivity index (χ3v) is 3.23. The summed E-state index contributed by atoms with van der Waals surface area (Å²) in [6, 6.07) is 7.37. The lowest BCUT2D eigenvalue weighted by molar-refractivity contribution is -0.124. The lowest BCUT2D eigenvalue weighted by Gasteiger charge is -2.18. The molecule has 0 aliphatic rings. The number of nitrogens with zero attached hydrogens (tertiary/aromatic N) is 2. The topological polar surface area (TPSA) is 67.2 Å². The van der Waals surface area contributed by atoms with Crippen molar-refractivity contribution < 1.29 is 9.90 Å². The molecule has 19 heavy (non-hydrogen) atoms. The summed E-state index contributed by atoms with van der Waals surface area (Å²) in [7, 11) is 0. The molecule has 5 nitrogen and oxygen atoms in total. The normalized spacial score (nSPS) is 14.3. The van der Waals surface area contributed by atoms with Crippen molar-refractivity contribution in [2.45, 2.75) is 32.4 Å². The molecule has 0 aliphatic carbocycles. The van der Waals surface area contributed by atoms with E-state index in [1.165, 1.54) is 0 Å². The highest BCUT2D eigenvalue weighted by Gasteiger charge is 2.18. The van der Waals surface area contributed by atoms with Gasteiger partial charge in [-0.2, -0.15) is 0 Å². The Morgan fingerprint density at radius 1 is 1.42 bits per heavy atom. The Labute approximate surface area is 112 Å². The van der Waals surface area contributed by atoms with Gasteiger partial charge in [0.15, 0.2) is 0 Å². The van der Waals surface area contributed by atoms with E-state index in [1.807, 2.05) is 42.7 Å². The minimum atomic E-state index is -0.325. The van der Waals surface area contributed by atoms with Crippen molar-refractivity contribution in [1.29, 1.82) is 0 Å². The first-order valence-electron chi connectivity index (χ1n) is 6.46. The first-order chi connectivity index (χ1) is 9.13. The predicted octanol–water partition coefficient (Wildman–Crippen LogP) is 1.48. The highest BCUT2D eigenvalue weighted by Crippen LogP contribution is 2.17. The van der Waals surface area contributed by atoms with E-state index in [9.17, 15) is 4.79 Å². The van der Waals surface area contributed by atoms with Gasteiger partial charge in [0.2, 0.25) is 5.91 Å². The molecule has 0 spiro atoms. The van der Waals surface area contributed by atoms with Gasteiger partial charge in [-0.05, 0) is 32.4 Å².